The molecular weight excluding hydrogens is 164 g/mol. The molecule has 3 heteroatoms. The number of nitrogens with one attached hydrogen (secondary N) is 2. The average Bonchev–Trinajstić information content (AvgIpc) is 2.80. The molecule has 0 aromatic carbocycles. The normalized spacial score (nSPS) is 22.5. The molecule has 2 N–H and O–H groups in total. The lowest BCUT2D eigenvalue weighted by Gasteiger charge is -2.25. The standard InChI is InChI=1S/C10H18N2O/c13-10(7-11-9-4-5-9)12-6-8-2-1-3-8/h8-9,11H,1-7H2,(H,12,13). The maximum Gasteiger partial charge on any atom is 0.233 e. The molecule has 0 saturated heterocycles. The van der Waals surface area contributed by atoms with E-state index in [0.29, 0.717) is 12.6 Å². The zero-order valence-electron chi connectivity index (χ0n) is 8.01. The maximum atomic E-state index is 11.2. The Morgan fingerprint density at radius 3 is 2.54 bits per heavy atom. The summed E-state index contributed by atoms with van der Waals surface area (Å²) in [4.78, 5) is 11.2. The first-order chi connectivity index (χ1) is 6.34. The summed E-state index contributed by atoms with van der Waals surface area (Å²) in [5, 5.41) is 6.17. The third-order valence-electron chi connectivity index (χ3n) is 2.94. The monoisotopic (exact) mass is 182 g/mol. The van der Waals surface area contributed by atoms with Crippen molar-refractivity contribution in [2.75, 3.05) is 13.1 Å². The van der Waals surface area contributed by atoms with Gasteiger partial charge >= 0.3 is 0 Å². The van der Waals surface area contributed by atoms with E-state index in [1.54, 1.807) is 0 Å². The zero-order valence-corrected chi connectivity index (χ0v) is 8.01. The molecule has 1 amide bonds. The largest absolute Gasteiger partial charge is 0.355 e. The van der Waals surface area contributed by atoms with Crippen LogP contribution in [0.3, 0.4) is 0 Å². The van der Waals surface area contributed by atoms with Crippen molar-refractivity contribution in [1.82, 2.24) is 10.6 Å². The van der Waals surface area contributed by atoms with Crippen LogP contribution in [0.4, 0.5) is 0 Å². The number of hydrogen-bond donors (Lipinski definition) is 2. The van der Waals surface area contributed by atoms with Gasteiger partial charge in [-0.05, 0) is 31.6 Å². The quantitative estimate of drug-likeness (QED) is 0.655. The second-order valence-electron chi connectivity index (χ2n) is 4.26. The van der Waals surface area contributed by atoms with E-state index >= 15 is 0 Å². The molecule has 2 rings (SSSR count). The first kappa shape index (κ1) is 9.00. The van der Waals surface area contributed by atoms with Gasteiger partial charge in [-0.15, -0.1) is 0 Å². The summed E-state index contributed by atoms with van der Waals surface area (Å²) < 4.78 is 0. The average molecular weight is 182 g/mol. The van der Waals surface area contributed by atoms with Crippen molar-refractivity contribution in [3.63, 3.8) is 0 Å². The highest BCUT2D eigenvalue weighted by molar-refractivity contribution is 5.78. The molecule has 0 heterocycles. The van der Waals surface area contributed by atoms with Crippen molar-refractivity contribution in [1.29, 1.82) is 0 Å². The maximum absolute atomic E-state index is 11.2. The zero-order chi connectivity index (χ0) is 9.10. The predicted molar refractivity (Wildman–Crippen MR) is 51.4 cm³/mol. The Labute approximate surface area is 79.3 Å². The fourth-order valence-corrected chi connectivity index (χ4v) is 1.54. The number of hydrogen-bond acceptors (Lipinski definition) is 2. The molecule has 0 unspecified atom stereocenters. The molecule has 0 radical (unpaired) electrons. The molecule has 13 heavy (non-hydrogen) atoms. The Bertz CT molecular complexity index is 185. The summed E-state index contributed by atoms with van der Waals surface area (Å²) in [7, 11) is 0. The van der Waals surface area contributed by atoms with E-state index in [1.165, 1.54) is 32.1 Å². The minimum absolute atomic E-state index is 0.166. The first-order valence-corrected chi connectivity index (χ1v) is 5.34. The van der Waals surface area contributed by atoms with Gasteiger partial charge in [-0.1, -0.05) is 6.42 Å². The first-order valence-electron chi connectivity index (χ1n) is 5.34. The van der Waals surface area contributed by atoms with Crippen LogP contribution in [-0.4, -0.2) is 25.0 Å². The fraction of sp³-hybridized carbons (Fsp3) is 0.900. The Balaban J connectivity index is 1.49. The molecule has 74 valence electrons. The molecule has 2 fully saturated rings. The van der Waals surface area contributed by atoms with Gasteiger partial charge < -0.3 is 10.6 Å². The summed E-state index contributed by atoms with van der Waals surface area (Å²) in [6, 6.07) is 0.634. The van der Waals surface area contributed by atoms with Crippen molar-refractivity contribution in [3.8, 4) is 0 Å². The van der Waals surface area contributed by atoms with E-state index < -0.39 is 0 Å². The molecule has 2 aliphatic carbocycles. The van der Waals surface area contributed by atoms with E-state index in [2.05, 4.69) is 10.6 Å². The number of carbonyl (C=O) groups is 1. The van der Waals surface area contributed by atoms with Gasteiger partial charge in [-0.25, -0.2) is 0 Å². The predicted octanol–water partition coefficient (Wildman–Crippen LogP) is 0.655. The van der Waals surface area contributed by atoms with Gasteiger partial charge in [0, 0.05) is 12.6 Å². The second kappa shape index (κ2) is 4.09. The van der Waals surface area contributed by atoms with Crippen LogP contribution in [0.15, 0.2) is 0 Å². The molecule has 2 saturated carbocycles. The van der Waals surface area contributed by atoms with Gasteiger partial charge in [-0.2, -0.15) is 0 Å². The lowest BCUT2D eigenvalue weighted by atomic mass is 9.85. The molecule has 0 spiro atoms. The minimum atomic E-state index is 0.166. The molecule has 0 aromatic heterocycles. The van der Waals surface area contributed by atoms with Crippen LogP contribution >= 0.6 is 0 Å². The molecule has 2 aliphatic rings. The van der Waals surface area contributed by atoms with Crippen LogP contribution in [0.25, 0.3) is 0 Å². The van der Waals surface area contributed by atoms with E-state index in [9.17, 15) is 4.79 Å². The van der Waals surface area contributed by atoms with Crippen LogP contribution in [0.1, 0.15) is 32.1 Å². The molecule has 3 nitrogen and oxygen atoms in total. The minimum Gasteiger partial charge on any atom is -0.355 e. The number of rotatable bonds is 5. The SMILES string of the molecule is O=C(CNC1CC1)NCC1CCC1. The Morgan fingerprint density at radius 2 is 2.00 bits per heavy atom. The summed E-state index contributed by atoms with van der Waals surface area (Å²) in [6.45, 7) is 1.41. The molecule has 0 bridgehead atoms. The van der Waals surface area contributed by atoms with Gasteiger partial charge in [-0.3, -0.25) is 4.79 Å². The van der Waals surface area contributed by atoms with E-state index in [-0.39, 0.29) is 5.91 Å². The second-order valence-corrected chi connectivity index (χ2v) is 4.26. The van der Waals surface area contributed by atoms with Crippen molar-refractivity contribution < 1.29 is 4.79 Å². The van der Waals surface area contributed by atoms with E-state index in [1.807, 2.05) is 0 Å². The molecule has 0 aromatic rings. The van der Waals surface area contributed by atoms with Gasteiger partial charge in [0.15, 0.2) is 0 Å². The van der Waals surface area contributed by atoms with Gasteiger partial charge in [0.05, 0.1) is 6.54 Å². The molecular formula is C10H18N2O. The summed E-state index contributed by atoms with van der Waals surface area (Å²) in [5.41, 5.74) is 0. The van der Waals surface area contributed by atoms with Gasteiger partial charge in [0.25, 0.3) is 0 Å². The highest BCUT2D eigenvalue weighted by Crippen LogP contribution is 2.25. The summed E-state index contributed by atoms with van der Waals surface area (Å²) in [6.07, 6.45) is 6.44. The van der Waals surface area contributed by atoms with Crippen molar-refractivity contribution in [2.45, 2.75) is 38.1 Å². The number of carbonyl (C=O) groups excluding carboxylic acids is 1. The van der Waals surface area contributed by atoms with Crippen LogP contribution in [0.5, 0.6) is 0 Å². The Hall–Kier alpha value is -0.570. The van der Waals surface area contributed by atoms with Crippen molar-refractivity contribution >= 4 is 5.91 Å². The number of amides is 1. The molecule has 0 aliphatic heterocycles. The highest BCUT2D eigenvalue weighted by atomic mass is 16.1. The Morgan fingerprint density at radius 1 is 1.23 bits per heavy atom. The van der Waals surface area contributed by atoms with Crippen LogP contribution < -0.4 is 10.6 Å². The van der Waals surface area contributed by atoms with E-state index in [0.717, 1.165) is 12.5 Å². The Kier molecular flexibility index (Phi) is 2.83. The van der Waals surface area contributed by atoms with Crippen molar-refractivity contribution in [2.24, 2.45) is 5.92 Å². The third-order valence-corrected chi connectivity index (χ3v) is 2.94. The summed E-state index contributed by atoms with van der Waals surface area (Å²) in [5.74, 6) is 0.934. The third kappa shape index (κ3) is 2.99. The van der Waals surface area contributed by atoms with Gasteiger partial charge in [0.1, 0.15) is 0 Å². The highest BCUT2D eigenvalue weighted by Gasteiger charge is 2.22. The topological polar surface area (TPSA) is 41.1 Å². The summed E-state index contributed by atoms with van der Waals surface area (Å²) >= 11 is 0. The lowest BCUT2D eigenvalue weighted by molar-refractivity contribution is -0.120. The van der Waals surface area contributed by atoms with E-state index in [4.69, 9.17) is 0 Å². The smallest absolute Gasteiger partial charge is 0.233 e. The van der Waals surface area contributed by atoms with Crippen LogP contribution in [0.2, 0.25) is 0 Å². The van der Waals surface area contributed by atoms with Gasteiger partial charge in [0.2, 0.25) is 5.91 Å². The van der Waals surface area contributed by atoms with Crippen LogP contribution in [-0.2, 0) is 4.79 Å². The molecule has 0 atom stereocenters. The van der Waals surface area contributed by atoms with Crippen LogP contribution in [0, 0.1) is 5.92 Å². The van der Waals surface area contributed by atoms with Crippen molar-refractivity contribution in [3.05, 3.63) is 0 Å². The lowest BCUT2D eigenvalue weighted by Crippen LogP contribution is -2.38. The fourth-order valence-electron chi connectivity index (χ4n) is 1.54.